The number of methoxy groups -OCH3 is 1. The van der Waals surface area contributed by atoms with Gasteiger partial charge in [-0.2, -0.15) is 0 Å². The Labute approximate surface area is 112 Å². The Morgan fingerprint density at radius 2 is 2.05 bits per heavy atom. The zero-order chi connectivity index (χ0) is 14.3. The van der Waals surface area contributed by atoms with Crippen LogP contribution in [0.2, 0.25) is 0 Å². The van der Waals surface area contributed by atoms with Gasteiger partial charge < -0.3 is 15.2 Å². The molecular weight excluding hydrogens is 246 g/mol. The Bertz CT molecular complexity index is 457. The Hall–Kier alpha value is -1.88. The number of aliphatic hydroxyl groups is 1. The van der Waals surface area contributed by atoms with Crippen LogP contribution in [-0.2, 0) is 4.79 Å². The second kappa shape index (κ2) is 7.53. The summed E-state index contributed by atoms with van der Waals surface area (Å²) in [6.45, 7) is 2.00. The van der Waals surface area contributed by atoms with Crippen LogP contribution in [0.4, 0.5) is 0 Å². The fraction of sp³-hybridized carbons (Fsp3) is 0.429. The van der Waals surface area contributed by atoms with Crippen molar-refractivity contribution < 1.29 is 19.4 Å². The largest absolute Gasteiger partial charge is 0.496 e. The third-order valence-electron chi connectivity index (χ3n) is 2.67. The van der Waals surface area contributed by atoms with Gasteiger partial charge in [0.05, 0.1) is 19.3 Å². The first kappa shape index (κ1) is 15.2. The van der Waals surface area contributed by atoms with E-state index in [2.05, 4.69) is 5.32 Å². The van der Waals surface area contributed by atoms with Gasteiger partial charge in [0, 0.05) is 19.4 Å². The maximum atomic E-state index is 12.0. The summed E-state index contributed by atoms with van der Waals surface area (Å²) in [5.41, 5.74) is 1.46. The number of nitrogens with one attached hydrogen (secondary N) is 1. The van der Waals surface area contributed by atoms with Crippen LogP contribution in [0.25, 0.3) is 0 Å². The van der Waals surface area contributed by atoms with Gasteiger partial charge in [-0.05, 0) is 19.1 Å². The maximum absolute atomic E-state index is 12.0. The first-order chi connectivity index (χ1) is 9.08. The van der Waals surface area contributed by atoms with E-state index in [0.29, 0.717) is 11.3 Å². The average Bonchev–Trinajstić information content (AvgIpc) is 2.42. The molecule has 0 bridgehead atoms. The lowest BCUT2D eigenvalue weighted by Crippen LogP contribution is -2.26. The molecule has 104 valence electrons. The van der Waals surface area contributed by atoms with Crippen molar-refractivity contribution >= 4 is 11.7 Å². The third-order valence-corrected chi connectivity index (χ3v) is 2.67. The molecule has 1 aromatic rings. The lowest BCUT2D eigenvalue weighted by atomic mass is 10.0. The Morgan fingerprint density at radius 1 is 1.32 bits per heavy atom. The van der Waals surface area contributed by atoms with E-state index in [1.807, 2.05) is 13.0 Å². The summed E-state index contributed by atoms with van der Waals surface area (Å²) < 4.78 is 5.14. The number of amides is 1. The van der Waals surface area contributed by atoms with E-state index < -0.39 is 0 Å². The van der Waals surface area contributed by atoms with Gasteiger partial charge in [-0.25, -0.2) is 0 Å². The molecule has 1 aromatic carbocycles. The minimum Gasteiger partial charge on any atom is -0.496 e. The molecule has 1 amide bonds. The van der Waals surface area contributed by atoms with Gasteiger partial charge in [0.25, 0.3) is 0 Å². The van der Waals surface area contributed by atoms with Gasteiger partial charge in [0.15, 0.2) is 5.78 Å². The Balaban J connectivity index is 2.63. The number of hydrogen-bond donors (Lipinski definition) is 2. The molecule has 0 saturated carbocycles. The van der Waals surface area contributed by atoms with Crippen LogP contribution in [0.15, 0.2) is 18.2 Å². The van der Waals surface area contributed by atoms with Crippen LogP contribution >= 0.6 is 0 Å². The monoisotopic (exact) mass is 265 g/mol. The van der Waals surface area contributed by atoms with Crippen LogP contribution in [0, 0.1) is 6.92 Å². The number of Topliss-reactive ketones (excluding diaryl/α,β-unsaturated/α-hetero) is 1. The first-order valence-corrected chi connectivity index (χ1v) is 6.14. The summed E-state index contributed by atoms with van der Waals surface area (Å²) >= 11 is 0. The lowest BCUT2D eigenvalue weighted by Gasteiger charge is -2.08. The molecule has 0 aliphatic heterocycles. The minimum atomic E-state index is -0.242. The standard InChI is InChI=1S/C14H19NO4/c1-10-3-5-13(19-2)11(9-10)12(17)4-6-14(18)15-7-8-16/h3,5,9,16H,4,6-8H2,1-2H3,(H,15,18). The topological polar surface area (TPSA) is 75.6 Å². The van der Waals surface area contributed by atoms with Gasteiger partial charge in [-0.3, -0.25) is 9.59 Å². The van der Waals surface area contributed by atoms with E-state index in [1.54, 1.807) is 12.1 Å². The summed E-state index contributed by atoms with van der Waals surface area (Å²) in [6.07, 6.45) is 0.229. The molecule has 0 unspecified atom stereocenters. The van der Waals surface area contributed by atoms with E-state index in [4.69, 9.17) is 9.84 Å². The molecule has 0 aromatic heterocycles. The van der Waals surface area contributed by atoms with Gasteiger partial charge in [-0.15, -0.1) is 0 Å². The summed E-state index contributed by atoms with van der Waals surface area (Å²) in [6, 6.07) is 5.37. The van der Waals surface area contributed by atoms with E-state index in [0.717, 1.165) is 5.56 Å². The van der Waals surface area contributed by atoms with Crippen molar-refractivity contribution in [2.75, 3.05) is 20.3 Å². The molecule has 0 heterocycles. The number of benzene rings is 1. The van der Waals surface area contributed by atoms with Crippen molar-refractivity contribution in [2.45, 2.75) is 19.8 Å². The normalized spacial score (nSPS) is 10.1. The Morgan fingerprint density at radius 3 is 2.68 bits per heavy atom. The van der Waals surface area contributed by atoms with Gasteiger partial charge in [-0.1, -0.05) is 11.6 Å². The van der Waals surface area contributed by atoms with Crippen molar-refractivity contribution in [3.8, 4) is 5.75 Å². The molecule has 0 aliphatic rings. The molecule has 1 rings (SSSR count). The van der Waals surface area contributed by atoms with Crippen molar-refractivity contribution in [2.24, 2.45) is 0 Å². The number of aryl methyl sites for hydroxylation is 1. The van der Waals surface area contributed by atoms with Crippen LogP contribution in [0.1, 0.15) is 28.8 Å². The SMILES string of the molecule is COc1ccc(C)cc1C(=O)CCC(=O)NCCO. The lowest BCUT2D eigenvalue weighted by molar-refractivity contribution is -0.121. The highest BCUT2D eigenvalue weighted by Gasteiger charge is 2.14. The van der Waals surface area contributed by atoms with E-state index in [-0.39, 0.29) is 37.7 Å². The van der Waals surface area contributed by atoms with Crippen LogP contribution in [-0.4, -0.2) is 37.1 Å². The molecule has 19 heavy (non-hydrogen) atoms. The molecule has 0 spiro atoms. The molecule has 0 atom stereocenters. The summed E-state index contributed by atoms with van der Waals surface area (Å²) in [5.74, 6) is 0.153. The zero-order valence-corrected chi connectivity index (χ0v) is 11.2. The van der Waals surface area contributed by atoms with Gasteiger partial charge in [0.1, 0.15) is 5.75 Å². The molecule has 0 radical (unpaired) electrons. The molecular formula is C14H19NO4. The van der Waals surface area contributed by atoms with Crippen molar-refractivity contribution in [3.05, 3.63) is 29.3 Å². The van der Waals surface area contributed by atoms with Crippen molar-refractivity contribution in [1.82, 2.24) is 5.32 Å². The summed E-state index contributed by atoms with van der Waals surface area (Å²) in [7, 11) is 1.51. The third kappa shape index (κ3) is 4.71. The smallest absolute Gasteiger partial charge is 0.220 e. The highest BCUT2D eigenvalue weighted by atomic mass is 16.5. The zero-order valence-electron chi connectivity index (χ0n) is 11.2. The number of hydrogen-bond acceptors (Lipinski definition) is 4. The molecule has 0 aliphatic carbocycles. The summed E-state index contributed by atoms with van der Waals surface area (Å²) in [4.78, 5) is 23.4. The van der Waals surface area contributed by atoms with Crippen LogP contribution in [0.5, 0.6) is 5.75 Å². The van der Waals surface area contributed by atoms with Crippen molar-refractivity contribution in [3.63, 3.8) is 0 Å². The predicted molar refractivity (Wildman–Crippen MR) is 71.4 cm³/mol. The number of aliphatic hydroxyl groups excluding tert-OH is 1. The minimum absolute atomic E-state index is 0.106. The Kier molecular flexibility index (Phi) is 6.02. The van der Waals surface area contributed by atoms with Crippen LogP contribution in [0.3, 0.4) is 0 Å². The summed E-state index contributed by atoms with van der Waals surface area (Å²) in [5, 5.41) is 11.1. The molecule has 0 fully saturated rings. The molecule has 2 N–H and O–H groups in total. The quantitative estimate of drug-likeness (QED) is 0.723. The van der Waals surface area contributed by atoms with Crippen molar-refractivity contribution in [1.29, 1.82) is 0 Å². The fourth-order valence-corrected chi connectivity index (χ4v) is 1.69. The molecule has 5 heteroatoms. The number of ketones is 1. The molecule has 0 saturated heterocycles. The van der Waals surface area contributed by atoms with E-state index in [1.165, 1.54) is 7.11 Å². The van der Waals surface area contributed by atoms with E-state index in [9.17, 15) is 9.59 Å². The highest BCUT2D eigenvalue weighted by Crippen LogP contribution is 2.21. The van der Waals surface area contributed by atoms with Crippen LogP contribution < -0.4 is 10.1 Å². The number of ether oxygens (including phenoxy) is 1. The predicted octanol–water partition coefficient (Wildman–Crippen LogP) is 1.08. The maximum Gasteiger partial charge on any atom is 0.220 e. The highest BCUT2D eigenvalue weighted by molar-refractivity contribution is 6.00. The van der Waals surface area contributed by atoms with Gasteiger partial charge in [0.2, 0.25) is 5.91 Å². The van der Waals surface area contributed by atoms with Gasteiger partial charge >= 0.3 is 0 Å². The second-order valence-electron chi connectivity index (χ2n) is 4.20. The van der Waals surface area contributed by atoms with E-state index >= 15 is 0 Å². The fourth-order valence-electron chi connectivity index (χ4n) is 1.69. The average molecular weight is 265 g/mol. The first-order valence-electron chi connectivity index (χ1n) is 6.14. The number of rotatable bonds is 7. The molecule has 5 nitrogen and oxygen atoms in total. The second-order valence-corrected chi connectivity index (χ2v) is 4.20. The number of carbonyl (C=O) groups is 2. The number of carbonyl (C=O) groups excluding carboxylic acids is 2.